The maximum absolute atomic E-state index is 11.8. The van der Waals surface area contributed by atoms with Crippen molar-refractivity contribution in [3.8, 4) is 0 Å². The summed E-state index contributed by atoms with van der Waals surface area (Å²) in [5.41, 5.74) is 0.774. The first-order chi connectivity index (χ1) is 8.52. The predicted octanol–water partition coefficient (Wildman–Crippen LogP) is 0.279. The molecular formula is C12H14O5S. The summed E-state index contributed by atoms with van der Waals surface area (Å²) in [5, 5.41) is 9.16. The zero-order valence-electron chi connectivity index (χ0n) is 9.70. The van der Waals surface area contributed by atoms with Gasteiger partial charge in [-0.15, -0.1) is 0 Å². The van der Waals surface area contributed by atoms with E-state index in [4.69, 9.17) is 9.84 Å². The molecule has 6 heteroatoms. The SMILES string of the molecule is O=C(OCc1ccccc1)C1(CO)CCS1(=O)=O. The fourth-order valence-electron chi connectivity index (χ4n) is 1.84. The highest BCUT2D eigenvalue weighted by molar-refractivity contribution is 7.95. The number of carbonyl (C=O) groups excluding carboxylic acids is 1. The summed E-state index contributed by atoms with van der Waals surface area (Å²) in [7, 11) is -3.56. The van der Waals surface area contributed by atoms with E-state index in [-0.39, 0.29) is 18.8 Å². The van der Waals surface area contributed by atoms with E-state index < -0.39 is 27.2 Å². The van der Waals surface area contributed by atoms with Crippen LogP contribution < -0.4 is 0 Å². The number of sulfone groups is 1. The number of hydrogen-bond acceptors (Lipinski definition) is 5. The molecule has 1 aromatic rings. The fourth-order valence-corrected chi connectivity index (χ4v) is 3.38. The highest BCUT2D eigenvalue weighted by atomic mass is 32.2. The number of ether oxygens (including phenoxy) is 1. The summed E-state index contributed by atoms with van der Waals surface area (Å²) < 4.78 is 26.4. The van der Waals surface area contributed by atoms with Crippen molar-refractivity contribution in [1.29, 1.82) is 0 Å². The minimum absolute atomic E-state index is 0.0109. The van der Waals surface area contributed by atoms with Crippen molar-refractivity contribution in [3.05, 3.63) is 35.9 Å². The Labute approximate surface area is 105 Å². The molecule has 1 atom stereocenters. The van der Waals surface area contributed by atoms with Crippen LogP contribution in [0.5, 0.6) is 0 Å². The smallest absolute Gasteiger partial charge is 0.330 e. The Morgan fingerprint density at radius 1 is 1.33 bits per heavy atom. The van der Waals surface area contributed by atoms with Crippen LogP contribution in [0, 0.1) is 0 Å². The first-order valence-corrected chi connectivity index (χ1v) is 7.21. The van der Waals surface area contributed by atoms with E-state index in [0.717, 1.165) is 5.56 Å². The van der Waals surface area contributed by atoms with Crippen molar-refractivity contribution < 1.29 is 23.1 Å². The molecule has 0 saturated carbocycles. The van der Waals surface area contributed by atoms with Gasteiger partial charge in [-0.2, -0.15) is 0 Å². The Morgan fingerprint density at radius 3 is 2.44 bits per heavy atom. The monoisotopic (exact) mass is 270 g/mol. The van der Waals surface area contributed by atoms with Gasteiger partial charge in [-0.1, -0.05) is 30.3 Å². The molecule has 1 aliphatic rings. The number of aliphatic hydroxyl groups is 1. The lowest BCUT2D eigenvalue weighted by Gasteiger charge is -2.36. The molecule has 0 radical (unpaired) electrons. The highest BCUT2D eigenvalue weighted by Gasteiger charge is 2.59. The van der Waals surface area contributed by atoms with E-state index in [9.17, 15) is 13.2 Å². The molecule has 0 spiro atoms. The van der Waals surface area contributed by atoms with E-state index in [1.54, 1.807) is 24.3 Å². The number of hydrogen-bond donors (Lipinski definition) is 1. The number of esters is 1. The molecular weight excluding hydrogens is 256 g/mol. The number of benzene rings is 1. The van der Waals surface area contributed by atoms with Gasteiger partial charge in [-0.25, -0.2) is 8.42 Å². The Morgan fingerprint density at radius 2 is 2.00 bits per heavy atom. The second-order valence-corrected chi connectivity index (χ2v) is 6.70. The third kappa shape index (κ3) is 2.02. The third-order valence-corrected chi connectivity index (χ3v) is 5.64. The summed E-state index contributed by atoms with van der Waals surface area (Å²) in [4.78, 5) is 11.8. The van der Waals surface area contributed by atoms with Crippen LogP contribution in [-0.2, 0) is 26.0 Å². The molecule has 1 heterocycles. The van der Waals surface area contributed by atoms with Gasteiger partial charge >= 0.3 is 5.97 Å². The number of aliphatic hydroxyl groups excluding tert-OH is 1. The average molecular weight is 270 g/mol. The Bertz CT molecular complexity index is 533. The zero-order valence-corrected chi connectivity index (χ0v) is 10.5. The topological polar surface area (TPSA) is 80.7 Å². The molecule has 5 nitrogen and oxygen atoms in total. The molecule has 0 bridgehead atoms. The minimum atomic E-state index is -3.56. The van der Waals surface area contributed by atoms with E-state index in [2.05, 4.69) is 0 Å². The Kier molecular flexibility index (Phi) is 3.41. The normalized spacial score (nSPS) is 25.2. The lowest BCUT2D eigenvalue weighted by molar-refractivity contribution is -0.150. The van der Waals surface area contributed by atoms with Gasteiger partial charge < -0.3 is 9.84 Å². The fraction of sp³-hybridized carbons (Fsp3) is 0.417. The maximum Gasteiger partial charge on any atom is 0.330 e. The van der Waals surface area contributed by atoms with Crippen molar-refractivity contribution in [2.45, 2.75) is 17.8 Å². The molecule has 2 rings (SSSR count). The molecule has 1 saturated heterocycles. The first kappa shape index (κ1) is 13.0. The van der Waals surface area contributed by atoms with Crippen molar-refractivity contribution in [2.24, 2.45) is 0 Å². The zero-order chi connectivity index (χ0) is 13.2. The van der Waals surface area contributed by atoms with Crippen LogP contribution in [-0.4, -0.2) is 36.6 Å². The number of rotatable bonds is 4. The van der Waals surface area contributed by atoms with Crippen molar-refractivity contribution >= 4 is 15.8 Å². The molecule has 18 heavy (non-hydrogen) atoms. The predicted molar refractivity (Wildman–Crippen MR) is 64.5 cm³/mol. The van der Waals surface area contributed by atoms with Crippen molar-refractivity contribution in [3.63, 3.8) is 0 Å². The molecule has 0 aliphatic carbocycles. The summed E-state index contributed by atoms with van der Waals surface area (Å²) in [6.07, 6.45) is 0.124. The molecule has 1 aliphatic heterocycles. The van der Waals surface area contributed by atoms with Gasteiger partial charge in [-0.05, 0) is 12.0 Å². The summed E-state index contributed by atoms with van der Waals surface area (Å²) in [5.74, 6) is -0.936. The quantitative estimate of drug-likeness (QED) is 0.795. The molecule has 0 aromatic heterocycles. The van der Waals surface area contributed by atoms with Gasteiger partial charge in [0.1, 0.15) is 6.61 Å². The maximum atomic E-state index is 11.8. The molecule has 98 valence electrons. The van der Waals surface area contributed by atoms with Gasteiger partial charge in [0.25, 0.3) is 0 Å². The first-order valence-electron chi connectivity index (χ1n) is 5.56. The average Bonchev–Trinajstić information content (AvgIpc) is 2.37. The molecule has 1 unspecified atom stereocenters. The van der Waals surface area contributed by atoms with E-state index in [1.807, 2.05) is 6.07 Å². The molecule has 0 amide bonds. The molecule has 1 aromatic carbocycles. The lowest BCUT2D eigenvalue weighted by atomic mass is 10.1. The third-order valence-electron chi connectivity index (χ3n) is 3.21. The van der Waals surface area contributed by atoms with Crippen molar-refractivity contribution in [2.75, 3.05) is 12.4 Å². The van der Waals surface area contributed by atoms with E-state index in [0.29, 0.717) is 0 Å². The van der Waals surface area contributed by atoms with Gasteiger partial charge in [0, 0.05) is 0 Å². The molecule has 1 N–H and O–H groups in total. The number of carbonyl (C=O) groups is 1. The van der Waals surface area contributed by atoms with E-state index >= 15 is 0 Å². The second kappa shape index (κ2) is 4.70. The van der Waals surface area contributed by atoms with Crippen LogP contribution in [0.1, 0.15) is 12.0 Å². The van der Waals surface area contributed by atoms with Gasteiger partial charge in [-0.3, -0.25) is 4.79 Å². The Balaban J connectivity index is 2.05. The van der Waals surface area contributed by atoms with Gasteiger partial charge in [0.05, 0.1) is 12.4 Å². The molecule has 1 fully saturated rings. The van der Waals surface area contributed by atoms with Crippen LogP contribution >= 0.6 is 0 Å². The van der Waals surface area contributed by atoms with Crippen LogP contribution in [0.4, 0.5) is 0 Å². The summed E-state index contributed by atoms with van der Waals surface area (Å²) in [6, 6.07) is 8.97. The van der Waals surface area contributed by atoms with Gasteiger partial charge in [0.2, 0.25) is 0 Å². The van der Waals surface area contributed by atoms with Crippen LogP contribution in [0.15, 0.2) is 30.3 Å². The standard InChI is InChI=1S/C12H14O5S/c13-9-12(6-7-18(12,15)16)11(14)17-8-10-4-2-1-3-5-10/h1-5,13H,6-9H2. The second-order valence-electron chi connectivity index (χ2n) is 4.28. The summed E-state index contributed by atoms with van der Waals surface area (Å²) in [6.45, 7) is -0.708. The lowest BCUT2D eigenvalue weighted by Crippen LogP contribution is -2.60. The Hall–Kier alpha value is -1.40. The minimum Gasteiger partial charge on any atom is -0.460 e. The van der Waals surface area contributed by atoms with Crippen molar-refractivity contribution in [1.82, 2.24) is 0 Å². The summed E-state index contributed by atoms with van der Waals surface area (Å²) >= 11 is 0. The van der Waals surface area contributed by atoms with Crippen LogP contribution in [0.2, 0.25) is 0 Å². The van der Waals surface area contributed by atoms with Crippen LogP contribution in [0.3, 0.4) is 0 Å². The largest absolute Gasteiger partial charge is 0.460 e. The highest BCUT2D eigenvalue weighted by Crippen LogP contribution is 2.35. The van der Waals surface area contributed by atoms with Gasteiger partial charge in [0.15, 0.2) is 14.6 Å². The van der Waals surface area contributed by atoms with E-state index in [1.165, 1.54) is 0 Å². The van der Waals surface area contributed by atoms with Crippen LogP contribution in [0.25, 0.3) is 0 Å².